The summed E-state index contributed by atoms with van der Waals surface area (Å²) in [7, 11) is 0. The molecule has 0 aromatic carbocycles. The number of ether oxygens (including phenoxy) is 1. The van der Waals surface area contributed by atoms with Crippen molar-refractivity contribution in [2.75, 3.05) is 45.9 Å². The molecule has 124 valence electrons. The van der Waals surface area contributed by atoms with Gasteiger partial charge in [-0.25, -0.2) is 0 Å². The van der Waals surface area contributed by atoms with Crippen molar-refractivity contribution in [3.05, 3.63) is 0 Å². The summed E-state index contributed by atoms with van der Waals surface area (Å²) < 4.78 is 5.54. The lowest BCUT2D eigenvalue weighted by Gasteiger charge is -2.41. The summed E-state index contributed by atoms with van der Waals surface area (Å²) in [5.41, 5.74) is 6.24. The molecule has 2 N–H and O–H groups in total. The molecule has 2 fully saturated rings. The predicted octanol–water partition coefficient (Wildman–Crippen LogP) is 1.76. The Morgan fingerprint density at radius 3 is 2.81 bits per heavy atom. The van der Waals surface area contributed by atoms with E-state index in [0.717, 1.165) is 57.8 Å². The molecule has 0 radical (unpaired) electrons. The van der Waals surface area contributed by atoms with Crippen molar-refractivity contribution < 1.29 is 4.74 Å². The first-order valence-electron chi connectivity index (χ1n) is 7.87. The summed E-state index contributed by atoms with van der Waals surface area (Å²) in [4.78, 5) is 9.27. The Bertz CT molecular complexity index is 349. The smallest absolute Gasteiger partial charge is 0.191 e. The molecule has 21 heavy (non-hydrogen) atoms. The number of piperidine rings is 1. The molecule has 5 nitrogen and oxygen atoms in total. The van der Waals surface area contributed by atoms with E-state index in [1.165, 1.54) is 12.8 Å². The fourth-order valence-electron chi connectivity index (χ4n) is 3.09. The average Bonchev–Trinajstić information content (AvgIpc) is 2.40. The molecule has 2 aliphatic heterocycles. The van der Waals surface area contributed by atoms with Gasteiger partial charge in [-0.2, -0.15) is 0 Å². The van der Waals surface area contributed by atoms with E-state index in [9.17, 15) is 0 Å². The van der Waals surface area contributed by atoms with Crippen molar-refractivity contribution in [1.82, 2.24) is 9.80 Å². The first kappa shape index (κ1) is 19.0. The molecule has 0 aromatic rings. The molecule has 0 aromatic heterocycles. The van der Waals surface area contributed by atoms with Crippen molar-refractivity contribution in [3.63, 3.8) is 0 Å². The Labute approximate surface area is 146 Å². The van der Waals surface area contributed by atoms with E-state index in [1.54, 1.807) is 0 Å². The van der Waals surface area contributed by atoms with Crippen LogP contribution >= 0.6 is 24.0 Å². The normalized spacial score (nSPS) is 27.3. The average molecular weight is 410 g/mol. The summed E-state index contributed by atoms with van der Waals surface area (Å²) in [6.45, 7) is 13.2. The second-order valence-electron chi connectivity index (χ2n) is 6.79. The summed E-state index contributed by atoms with van der Waals surface area (Å²) in [6.07, 6.45) is 2.54. The third kappa shape index (κ3) is 5.56. The molecular formula is C15H31IN4O. The third-order valence-corrected chi connectivity index (χ3v) is 4.44. The van der Waals surface area contributed by atoms with Crippen LogP contribution in [0, 0.1) is 5.92 Å². The van der Waals surface area contributed by atoms with Gasteiger partial charge in [-0.15, -0.1) is 24.0 Å². The zero-order chi connectivity index (χ0) is 14.6. The lowest BCUT2D eigenvalue weighted by molar-refractivity contribution is -0.0491. The van der Waals surface area contributed by atoms with Crippen molar-refractivity contribution in [3.8, 4) is 0 Å². The Morgan fingerprint density at radius 2 is 2.14 bits per heavy atom. The molecule has 0 bridgehead atoms. The fourth-order valence-corrected chi connectivity index (χ4v) is 3.09. The van der Waals surface area contributed by atoms with Gasteiger partial charge in [0.1, 0.15) is 0 Å². The zero-order valence-electron chi connectivity index (χ0n) is 13.7. The highest BCUT2D eigenvalue weighted by Gasteiger charge is 2.29. The first-order valence-corrected chi connectivity index (χ1v) is 7.87. The van der Waals surface area contributed by atoms with Crippen molar-refractivity contribution in [2.24, 2.45) is 16.6 Å². The Kier molecular flexibility index (Phi) is 7.70. The van der Waals surface area contributed by atoms with E-state index in [4.69, 9.17) is 10.5 Å². The van der Waals surface area contributed by atoms with Crippen LogP contribution in [0.2, 0.25) is 0 Å². The minimum absolute atomic E-state index is 0. The van der Waals surface area contributed by atoms with Gasteiger partial charge in [0, 0.05) is 31.7 Å². The largest absolute Gasteiger partial charge is 0.378 e. The summed E-state index contributed by atoms with van der Waals surface area (Å²) in [5, 5.41) is 0. The number of guanidine groups is 1. The standard InChI is InChI=1S/C15H30N4O.HI/c1-13-5-4-7-18(11-13)14(16)17-6-8-19-9-10-20-12-15(19,2)3;/h13H,4-12H2,1-3H3,(H2,16,17);1H. The maximum atomic E-state index is 6.13. The Balaban J connectivity index is 0.00000220. The summed E-state index contributed by atoms with van der Waals surface area (Å²) >= 11 is 0. The van der Waals surface area contributed by atoms with Crippen LogP contribution in [-0.2, 0) is 4.74 Å². The number of likely N-dealkylation sites (tertiary alicyclic amines) is 1. The van der Waals surface area contributed by atoms with Gasteiger partial charge in [0.15, 0.2) is 5.96 Å². The van der Waals surface area contributed by atoms with Crippen molar-refractivity contribution >= 4 is 29.9 Å². The van der Waals surface area contributed by atoms with Crippen molar-refractivity contribution in [1.29, 1.82) is 0 Å². The van der Waals surface area contributed by atoms with Crippen LogP contribution in [-0.4, -0.2) is 67.2 Å². The predicted molar refractivity (Wildman–Crippen MR) is 98.3 cm³/mol. The van der Waals surface area contributed by atoms with Gasteiger partial charge in [0.2, 0.25) is 0 Å². The molecule has 0 aliphatic carbocycles. The zero-order valence-corrected chi connectivity index (χ0v) is 16.0. The molecule has 2 heterocycles. The number of hydrogen-bond donors (Lipinski definition) is 1. The Hall–Kier alpha value is -0.0800. The summed E-state index contributed by atoms with van der Waals surface area (Å²) in [6, 6.07) is 0. The van der Waals surface area contributed by atoms with E-state index < -0.39 is 0 Å². The van der Waals surface area contributed by atoms with Crippen LogP contribution in [0.1, 0.15) is 33.6 Å². The first-order chi connectivity index (χ1) is 9.49. The van der Waals surface area contributed by atoms with Gasteiger partial charge < -0.3 is 15.4 Å². The molecular weight excluding hydrogens is 379 g/mol. The van der Waals surface area contributed by atoms with Gasteiger partial charge in [-0.3, -0.25) is 9.89 Å². The van der Waals surface area contributed by atoms with E-state index in [-0.39, 0.29) is 29.5 Å². The highest BCUT2D eigenvalue weighted by atomic mass is 127. The second-order valence-corrected chi connectivity index (χ2v) is 6.79. The van der Waals surface area contributed by atoms with Crippen LogP contribution in [0.25, 0.3) is 0 Å². The highest BCUT2D eigenvalue weighted by Crippen LogP contribution is 2.18. The van der Waals surface area contributed by atoms with Gasteiger partial charge in [-0.05, 0) is 32.6 Å². The number of morpholine rings is 1. The van der Waals surface area contributed by atoms with Crippen LogP contribution in [0.5, 0.6) is 0 Å². The van der Waals surface area contributed by atoms with Crippen LogP contribution < -0.4 is 5.73 Å². The van der Waals surface area contributed by atoms with E-state index in [1.807, 2.05) is 0 Å². The van der Waals surface area contributed by atoms with Gasteiger partial charge in [0.05, 0.1) is 19.8 Å². The van der Waals surface area contributed by atoms with Gasteiger partial charge >= 0.3 is 0 Å². The van der Waals surface area contributed by atoms with Crippen LogP contribution in [0.4, 0.5) is 0 Å². The molecule has 1 atom stereocenters. The molecule has 6 heteroatoms. The van der Waals surface area contributed by atoms with Crippen LogP contribution in [0.15, 0.2) is 4.99 Å². The number of nitrogens with zero attached hydrogens (tertiary/aromatic N) is 3. The van der Waals surface area contributed by atoms with E-state index >= 15 is 0 Å². The minimum Gasteiger partial charge on any atom is -0.378 e. The maximum Gasteiger partial charge on any atom is 0.191 e. The molecule has 0 spiro atoms. The highest BCUT2D eigenvalue weighted by molar-refractivity contribution is 14.0. The lowest BCUT2D eigenvalue weighted by atomic mass is 10.0. The number of rotatable bonds is 3. The monoisotopic (exact) mass is 410 g/mol. The molecule has 2 saturated heterocycles. The second kappa shape index (κ2) is 8.53. The molecule has 1 unspecified atom stereocenters. The maximum absolute atomic E-state index is 6.13. The Morgan fingerprint density at radius 1 is 1.38 bits per heavy atom. The van der Waals surface area contributed by atoms with Crippen LogP contribution in [0.3, 0.4) is 0 Å². The number of halogens is 1. The van der Waals surface area contributed by atoms with Gasteiger partial charge in [0.25, 0.3) is 0 Å². The third-order valence-electron chi connectivity index (χ3n) is 4.44. The minimum atomic E-state index is 0. The lowest BCUT2D eigenvalue weighted by Crippen LogP contribution is -2.53. The van der Waals surface area contributed by atoms with E-state index in [2.05, 4.69) is 35.6 Å². The number of hydrogen-bond acceptors (Lipinski definition) is 3. The number of nitrogens with two attached hydrogens (primary N) is 1. The molecule has 2 rings (SSSR count). The van der Waals surface area contributed by atoms with E-state index in [0.29, 0.717) is 0 Å². The quantitative estimate of drug-likeness (QED) is 0.438. The molecule has 2 aliphatic rings. The van der Waals surface area contributed by atoms with Crippen molar-refractivity contribution in [2.45, 2.75) is 39.2 Å². The molecule has 0 amide bonds. The topological polar surface area (TPSA) is 54.1 Å². The molecule has 0 saturated carbocycles. The number of aliphatic imine (C=N–C) groups is 1. The van der Waals surface area contributed by atoms with Gasteiger partial charge in [-0.1, -0.05) is 6.92 Å². The SMILES string of the molecule is CC1CCCN(C(N)=NCCN2CCOCC2(C)C)C1.I. The fraction of sp³-hybridized carbons (Fsp3) is 0.933. The summed E-state index contributed by atoms with van der Waals surface area (Å²) in [5.74, 6) is 1.46.